The molecule has 12 heterocycles. The molecule has 0 spiro atoms. The molecule has 117 heavy (non-hydrogen) atoms. The van der Waals surface area contributed by atoms with Crippen molar-refractivity contribution in [1.29, 1.82) is 0 Å². The van der Waals surface area contributed by atoms with Gasteiger partial charge in [0.1, 0.15) is 0 Å². The summed E-state index contributed by atoms with van der Waals surface area (Å²) in [6.07, 6.45) is -0.771. The van der Waals surface area contributed by atoms with Crippen LogP contribution < -0.4 is 36.4 Å². The van der Waals surface area contributed by atoms with E-state index in [4.69, 9.17) is 19.5 Å². The largest absolute Gasteiger partial charge is 0.490 e. The number of pyridine rings is 6. The van der Waals surface area contributed by atoms with Crippen molar-refractivity contribution in [2.75, 3.05) is 30.2 Å². The molecule has 0 radical (unpaired) electrons. The summed E-state index contributed by atoms with van der Waals surface area (Å²) in [6.45, 7) is 0. The molecule has 0 aliphatic rings. The summed E-state index contributed by atoms with van der Waals surface area (Å²) < 4.78 is 135. The number of aromatic nitrogens is 18. The zero-order valence-corrected chi connectivity index (χ0v) is 61.6. The van der Waals surface area contributed by atoms with Gasteiger partial charge in [-0.05, 0) is 168 Å². The lowest BCUT2D eigenvalue weighted by atomic mass is 9.82. The van der Waals surface area contributed by atoms with Crippen LogP contribution in [-0.2, 0) is 18.5 Å². The minimum atomic E-state index is -4.70. The Morgan fingerprint density at radius 1 is 0.410 bits per heavy atom. The Bertz CT molecular complexity index is 5980. The number of rotatable bonds is 17. The quantitative estimate of drug-likeness (QED) is 0.0364. The van der Waals surface area contributed by atoms with Gasteiger partial charge in [0.2, 0.25) is 17.3 Å². The minimum absolute atomic E-state index is 0.0383. The monoisotopic (exact) mass is 1660 g/mol. The molecular weight excluding hydrogens is 1610 g/mol. The number of hydrogen-bond donors (Lipinski definition) is 6. The number of aromatic amines is 1. The normalized spacial score (nSPS) is 11.1. The van der Waals surface area contributed by atoms with Gasteiger partial charge in [-0.15, -0.1) is 30.6 Å². The van der Waals surface area contributed by atoms with Crippen LogP contribution in [0.5, 0.6) is 11.8 Å². The van der Waals surface area contributed by atoms with Gasteiger partial charge in [-0.3, -0.25) is 34.1 Å². The first kappa shape index (κ1) is 81.6. The van der Waals surface area contributed by atoms with Crippen LogP contribution >= 0.6 is 15.9 Å². The Kier molecular flexibility index (Phi) is 25.3. The summed E-state index contributed by atoms with van der Waals surface area (Å²) in [5.74, 6) is -0.793. The molecule has 588 valence electrons. The van der Waals surface area contributed by atoms with Crippen molar-refractivity contribution >= 4 is 63.7 Å². The number of nitrogens with zero attached hydrogens (tertiary/aromatic N) is 17. The standard InChI is InChI=1S/C26H18F3N7O2.C25H16F3N7O2.C20H12BrF3N6O.C6H8BNO3/c1-38-24-10-7-18(15-31-24)16-4-2-5-17(12-16)25(37)32-22-8-9-23(34-33-22)36-21(26(27,28)29)13-20(35-36)19-6-3-11-30-14-19;26-25(27,28)20-12-19(18-5-2-10-29-13-18)34-35(20)22-8-7-21(32-33-22)31-24(37)16-4-1-3-15(11-16)17-6-9-23(36)30-14-17;21-14-5-1-3-12(9-14)19(31)26-17-6-7-18(28-27-17)30-16(20(22,23)24)10-15(29-30)13-4-2-8-25-11-13;1-11-6-3-2-5(4-8-6)7(9)10/h2-15H,1H3,(H,32,33,37);1-14H,(H,30,36)(H,31,32,37);1-11H,(H,26,27,31);2-4,9-10H,1H3. The maximum absolute atomic E-state index is 13.7. The van der Waals surface area contributed by atoms with Crippen LogP contribution in [0.2, 0.25) is 0 Å². The Morgan fingerprint density at radius 3 is 1.10 bits per heavy atom. The third kappa shape index (κ3) is 21.1. The first-order chi connectivity index (χ1) is 56.1. The Labute approximate surface area is 662 Å². The molecule has 0 unspecified atom stereocenters. The van der Waals surface area contributed by atoms with Crippen LogP contribution in [0.3, 0.4) is 0 Å². The maximum atomic E-state index is 13.7. The van der Waals surface area contributed by atoms with Gasteiger partial charge in [-0.1, -0.05) is 52.3 Å². The summed E-state index contributed by atoms with van der Waals surface area (Å²) in [6, 6.07) is 50.1. The molecule has 0 saturated heterocycles. The topological polar surface area (TPSA) is 374 Å². The third-order valence-corrected chi connectivity index (χ3v) is 16.7. The van der Waals surface area contributed by atoms with Gasteiger partial charge in [0.05, 0.1) is 31.3 Å². The molecule has 3 amide bonds. The number of anilines is 3. The van der Waals surface area contributed by atoms with Crippen LogP contribution in [0.15, 0.2) is 265 Å². The molecule has 0 atom stereocenters. The van der Waals surface area contributed by atoms with Gasteiger partial charge in [-0.2, -0.15) is 54.8 Å². The molecule has 12 aromatic heterocycles. The zero-order chi connectivity index (χ0) is 83.0. The van der Waals surface area contributed by atoms with Crippen molar-refractivity contribution < 1.29 is 73.4 Å². The zero-order valence-electron chi connectivity index (χ0n) is 60.1. The summed E-state index contributed by atoms with van der Waals surface area (Å²) >= 11 is 3.28. The number of nitrogens with one attached hydrogen (secondary N) is 4. The highest BCUT2D eigenvalue weighted by atomic mass is 79.9. The third-order valence-electron chi connectivity index (χ3n) is 16.2. The Balaban J connectivity index is 0.000000152. The fourth-order valence-corrected chi connectivity index (χ4v) is 11.0. The number of ether oxygens (including phenoxy) is 2. The number of methoxy groups -OCH3 is 2. The first-order valence-electron chi connectivity index (χ1n) is 33.9. The highest BCUT2D eigenvalue weighted by molar-refractivity contribution is 9.10. The molecule has 0 fully saturated rings. The lowest BCUT2D eigenvalue weighted by Crippen LogP contribution is -2.29. The van der Waals surface area contributed by atoms with Gasteiger partial charge in [0.25, 0.3) is 17.7 Å². The number of alkyl halides is 9. The van der Waals surface area contributed by atoms with Crippen LogP contribution in [0.1, 0.15) is 48.2 Å². The van der Waals surface area contributed by atoms with Crippen LogP contribution in [0, 0.1) is 0 Å². The van der Waals surface area contributed by atoms with Crippen molar-refractivity contribution in [3.63, 3.8) is 0 Å². The molecule has 0 bridgehead atoms. The second-order valence-corrected chi connectivity index (χ2v) is 25.0. The average Bonchev–Trinajstić information content (AvgIpc) is 1.66. The molecule has 15 aromatic rings. The Hall–Kier alpha value is -14.9. The lowest BCUT2D eigenvalue weighted by molar-refractivity contribution is -0.143. The summed E-state index contributed by atoms with van der Waals surface area (Å²) in [7, 11) is 1.55. The van der Waals surface area contributed by atoms with Crippen molar-refractivity contribution in [3.05, 3.63) is 305 Å². The maximum Gasteiger partial charge on any atom is 0.490 e. The van der Waals surface area contributed by atoms with E-state index in [1.165, 1.54) is 112 Å². The van der Waals surface area contributed by atoms with Gasteiger partial charge in [-0.25, -0.2) is 24.0 Å². The number of H-pyrrole nitrogens is 1. The second-order valence-electron chi connectivity index (χ2n) is 24.1. The second kappa shape index (κ2) is 36.3. The first-order valence-corrected chi connectivity index (χ1v) is 34.6. The molecule has 15 rings (SSSR count). The molecule has 0 aliphatic carbocycles. The van der Waals surface area contributed by atoms with E-state index < -0.39 is 60.5 Å². The molecule has 3 aromatic carbocycles. The number of hydrogen-bond acceptors (Lipinski definition) is 22. The van der Waals surface area contributed by atoms with E-state index in [-0.39, 0.29) is 57.5 Å². The molecule has 0 aliphatic heterocycles. The van der Waals surface area contributed by atoms with E-state index >= 15 is 0 Å². The van der Waals surface area contributed by atoms with Gasteiger partial charge in [0, 0.05) is 117 Å². The average molecular weight is 1660 g/mol. The number of halogens is 10. The molecule has 29 nitrogen and oxygen atoms in total. The van der Waals surface area contributed by atoms with Crippen LogP contribution in [0.25, 0.3) is 73.5 Å². The fraction of sp³-hybridized carbons (Fsp3) is 0.0649. The van der Waals surface area contributed by atoms with E-state index in [2.05, 4.69) is 108 Å². The number of carbonyl (C=O) groups is 3. The van der Waals surface area contributed by atoms with Gasteiger partial charge >= 0.3 is 25.6 Å². The van der Waals surface area contributed by atoms with Crippen molar-refractivity contribution in [2.24, 2.45) is 0 Å². The van der Waals surface area contributed by atoms with E-state index in [1.54, 1.807) is 128 Å². The lowest BCUT2D eigenvalue weighted by Gasteiger charge is -2.10. The minimum Gasteiger partial charge on any atom is -0.481 e. The number of benzene rings is 3. The van der Waals surface area contributed by atoms with E-state index in [9.17, 15) is 58.7 Å². The van der Waals surface area contributed by atoms with E-state index in [1.807, 2.05) is 12.1 Å². The van der Waals surface area contributed by atoms with Crippen LogP contribution in [-0.4, -0.2) is 139 Å². The summed E-state index contributed by atoms with van der Waals surface area (Å²) in [5, 5.41) is 60.2. The predicted octanol–water partition coefficient (Wildman–Crippen LogP) is 12.9. The fourth-order valence-electron chi connectivity index (χ4n) is 10.6. The smallest absolute Gasteiger partial charge is 0.481 e. The van der Waals surface area contributed by atoms with E-state index in [0.29, 0.717) is 75.8 Å². The molecule has 0 saturated carbocycles. The highest BCUT2D eigenvalue weighted by Crippen LogP contribution is 2.37. The van der Waals surface area contributed by atoms with Gasteiger partial charge in [0.15, 0.2) is 52.0 Å². The Morgan fingerprint density at radius 2 is 0.786 bits per heavy atom. The predicted molar refractivity (Wildman–Crippen MR) is 410 cm³/mol. The number of amides is 3. The number of carbonyl (C=O) groups excluding carboxylic acids is 3. The van der Waals surface area contributed by atoms with E-state index in [0.717, 1.165) is 33.8 Å². The summed E-state index contributed by atoms with van der Waals surface area (Å²) in [4.78, 5) is 71.4. The van der Waals surface area contributed by atoms with Crippen molar-refractivity contribution in [2.45, 2.75) is 18.5 Å². The van der Waals surface area contributed by atoms with Gasteiger partial charge < -0.3 is 40.5 Å². The van der Waals surface area contributed by atoms with Crippen molar-refractivity contribution in [3.8, 4) is 85.2 Å². The molecule has 40 heteroatoms. The molecule has 6 N–H and O–H groups in total. The van der Waals surface area contributed by atoms with Crippen molar-refractivity contribution in [1.82, 2.24) is 89.8 Å². The highest BCUT2D eigenvalue weighted by Gasteiger charge is 2.40. The van der Waals surface area contributed by atoms with Crippen LogP contribution in [0.4, 0.5) is 57.0 Å². The summed E-state index contributed by atoms with van der Waals surface area (Å²) in [5.41, 5.74) is 2.54. The molecular formula is C77H54BBrF9N21O8. The SMILES string of the molecule is COc1ccc(-c2cccc(C(=O)Nc3ccc(-n4nc(-c5cccnc5)cc4C(F)(F)F)nn3)c2)cn1.COc1ccc(B(O)O)cn1.O=C(Nc1ccc(-n2nc(-c3cccnc3)cc2C(F)(F)F)nn1)c1cccc(-c2ccc(=O)[nH]c2)c1.O=C(Nc1ccc(-n2nc(-c3cccnc3)cc2C(F)(F)F)nn1)c1cccc(Br)c1.